The molecule has 0 bridgehead atoms. The summed E-state index contributed by atoms with van der Waals surface area (Å²) < 4.78 is 55.2. The van der Waals surface area contributed by atoms with Crippen molar-refractivity contribution in [1.29, 1.82) is 0 Å². The van der Waals surface area contributed by atoms with Gasteiger partial charge in [0, 0.05) is 43.7 Å². The zero-order valence-corrected chi connectivity index (χ0v) is 18.9. The first-order valence-corrected chi connectivity index (χ1v) is 12.4. The smallest absolute Gasteiger partial charge is 0.211 e. The number of halogens is 2. The molecule has 3 aromatic rings. The van der Waals surface area contributed by atoms with Gasteiger partial charge in [0.15, 0.2) is 0 Å². The number of benzene rings is 2. The van der Waals surface area contributed by atoms with E-state index in [0.717, 1.165) is 16.9 Å². The highest BCUT2D eigenvalue weighted by atomic mass is 32.2. The minimum Gasteiger partial charge on any atom is -0.294 e. The van der Waals surface area contributed by atoms with Gasteiger partial charge in [-0.1, -0.05) is 25.1 Å². The van der Waals surface area contributed by atoms with Crippen molar-refractivity contribution in [2.24, 2.45) is 0 Å². The van der Waals surface area contributed by atoms with Crippen LogP contribution in [-0.2, 0) is 36.1 Å². The Balaban J connectivity index is 1.70. The summed E-state index contributed by atoms with van der Waals surface area (Å²) in [6, 6.07) is 12.8. The van der Waals surface area contributed by atoms with E-state index in [9.17, 15) is 17.2 Å². The number of fused-ring (bicyclic) bond motifs is 1. The zero-order chi connectivity index (χ0) is 22.9. The maximum atomic E-state index is 14.2. The molecule has 0 N–H and O–H groups in total. The van der Waals surface area contributed by atoms with Gasteiger partial charge in [-0.15, -0.1) is 0 Å². The summed E-state index contributed by atoms with van der Waals surface area (Å²) in [4.78, 5) is 2.14. The highest BCUT2D eigenvalue weighted by Gasteiger charge is 2.28. The fraction of sp³-hybridized carbons (Fsp3) is 0.348. The molecule has 2 heterocycles. The Bertz CT molecular complexity index is 1210. The molecule has 4 rings (SSSR count). The molecule has 0 unspecified atom stereocenters. The van der Waals surface area contributed by atoms with Crippen LogP contribution in [0.2, 0.25) is 0 Å². The third-order valence-corrected chi connectivity index (χ3v) is 7.12. The van der Waals surface area contributed by atoms with Crippen LogP contribution in [-0.4, -0.2) is 46.7 Å². The van der Waals surface area contributed by atoms with Crippen molar-refractivity contribution in [1.82, 2.24) is 19.0 Å². The average molecular weight is 461 g/mol. The minimum atomic E-state index is -3.40. The van der Waals surface area contributed by atoms with Gasteiger partial charge in [-0.05, 0) is 30.3 Å². The van der Waals surface area contributed by atoms with Crippen LogP contribution in [0.3, 0.4) is 0 Å². The van der Waals surface area contributed by atoms with Crippen LogP contribution in [0.15, 0.2) is 48.5 Å². The van der Waals surface area contributed by atoms with Crippen LogP contribution in [0.4, 0.5) is 8.78 Å². The van der Waals surface area contributed by atoms with Gasteiger partial charge >= 0.3 is 0 Å². The van der Waals surface area contributed by atoms with Crippen LogP contribution in [0.25, 0.3) is 5.69 Å². The number of aromatic nitrogens is 2. The predicted molar refractivity (Wildman–Crippen MR) is 119 cm³/mol. The number of hydrogen-bond donors (Lipinski definition) is 0. The maximum absolute atomic E-state index is 14.2. The van der Waals surface area contributed by atoms with E-state index >= 15 is 0 Å². The summed E-state index contributed by atoms with van der Waals surface area (Å²) in [6.07, 6.45) is 1.85. The SMILES string of the molecule is CCN(Cc1nn(-c2ccc(F)cc2)c2c1CN(Cc1ccccc1F)CC2)S(C)(=O)=O. The van der Waals surface area contributed by atoms with Gasteiger partial charge in [-0.2, -0.15) is 9.40 Å². The van der Waals surface area contributed by atoms with Gasteiger partial charge in [0.05, 0.1) is 29.9 Å². The van der Waals surface area contributed by atoms with Crippen LogP contribution < -0.4 is 0 Å². The van der Waals surface area contributed by atoms with E-state index in [2.05, 4.69) is 4.90 Å². The zero-order valence-electron chi connectivity index (χ0n) is 18.1. The third-order valence-electron chi connectivity index (χ3n) is 5.79. The van der Waals surface area contributed by atoms with Gasteiger partial charge in [-0.25, -0.2) is 21.9 Å². The molecule has 0 atom stereocenters. The Hall–Kier alpha value is -2.62. The van der Waals surface area contributed by atoms with Gasteiger partial charge in [0.2, 0.25) is 10.0 Å². The number of rotatable bonds is 7. The lowest BCUT2D eigenvalue weighted by molar-refractivity contribution is 0.239. The van der Waals surface area contributed by atoms with Crippen molar-refractivity contribution in [3.8, 4) is 5.69 Å². The Kier molecular flexibility index (Phi) is 6.41. The lowest BCUT2D eigenvalue weighted by Crippen LogP contribution is -2.33. The van der Waals surface area contributed by atoms with E-state index in [4.69, 9.17) is 5.10 Å². The molecule has 0 fully saturated rings. The van der Waals surface area contributed by atoms with E-state index < -0.39 is 10.0 Å². The second-order valence-corrected chi connectivity index (χ2v) is 9.98. The summed E-state index contributed by atoms with van der Waals surface area (Å²) in [5.74, 6) is -0.574. The Morgan fingerprint density at radius 2 is 1.81 bits per heavy atom. The summed E-state index contributed by atoms with van der Waals surface area (Å²) >= 11 is 0. The molecule has 9 heteroatoms. The lowest BCUT2D eigenvalue weighted by Gasteiger charge is -2.28. The topological polar surface area (TPSA) is 58.4 Å². The van der Waals surface area contributed by atoms with Crippen molar-refractivity contribution in [3.05, 3.63) is 82.7 Å². The lowest BCUT2D eigenvalue weighted by atomic mass is 10.0. The van der Waals surface area contributed by atoms with Crippen LogP contribution in [0, 0.1) is 11.6 Å². The second-order valence-electron chi connectivity index (χ2n) is 8.00. The van der Waals surface area contributed by atoms with E-state index in [0.29, 0.717) is 43.9 Å². The molecule has 0 radical (unpaired) electrons. The van der Waals surface area contributed by atoms with E-state index in [1.807, 2.05) is 6.07 Å². The van der Waals surface area contributed by atoms with E-state index in [-0.39, 0.29) is 18.2 Å². The molecular formula is C23H26F2N4O2S. The molecule has 1 aromatic heterocycles. The van der Waals surface area contributed by atoms with Crippen molar-refractivity contribution >= 4 is 10.0 Å². The molecule has 2 aromatic carbocycles. The minimum absolute atomic E-state index is 0.152. The monoisotopic (exact) mass is 460 g/mol. The second kappa shape index (κ2) is 9.09. The molecular weight excluding hydrogens is 434 g/mol. The van der Waals surface area contributed by atoms with E-state index in [1.165, 1.54) is 28.8 Å². The van der Waals surface area contributed by atoms with Crippen molar-refractivity contribution in [2.75, 3.05) is 19.3 Å². The molecule has 6 nitrogen and oxygen atoms in total. The first-order chi connectivity index (χ1) is 15.3. The summed E-state index contributed by atoms with van der Waals surface area (Å²) in [5.41, 5.74) is 3.92. The number of hydrogen-bond acceptors (Lipinski definition) is 4. The maximum Gasteiger partial charge on any atom is 0.211 e. The highest BCUT2D eigenvalue weighted by Crippen LogP contribution is 2.28. The fourth-order valence-electron chi connectivity index (χ4n) is 4.10. The largest absolute Gasteiger partial charge is 0.294 e. The fourth-order valence-corrected chi connectivity index (χ4v) is 4.92. The van der Waals surface area contributed by atoms with Crippen LogP contribution >= 0.6 is 0 Å². The third kappa shape index (κ3) is 4.74. The van der Waals surface area contributed by atoms with Crippen molar-refractivity contribution in [2.45, 2.75) is 33.0 Å². The number of sulfonamides is 1. The molecule has 0 saturated heterocycles. The Labute approximate surface area is 187 Å². The van der Waals surface area contributed by atoms with Crippen molar-refractivity contribution in [3.63, 3.8) is 0 Å². The normalized spacial score (nSPS) is 14.7. The molecule has 0 amide bonds. The molecule has 0 saturated carbocycles. The van der Waals surface area contributed by atoms with Gasteiger partial charge in [0.25, 0.3) is 0 Å². The molecule has 32 heavy (non-hydrogen) atoms. The molecule has 170 valence electrons. The van der Waals surface area contributed by atoms with Crippen LogP contribution in [0.1, 0.15) is 29.4 Å². The first kappa shape index (κ1) is 22.6. The van der Waals surface area contributed by atoms with Crippen LogP contribution in [0.5, 0.6) is 0 Å². The van der Waals surface area contributed by atoms with E-state index in [1.54, 1.807) is 35.9 Å². The number of nitrogens with zero attached hydrogens (tertiary/aromatic N) is 4. The molecule has 1 aliphatic heterocycles. The van der Waals surface area contributed by atoms with Crippen molar-refractivity contribution < 1.29 is 17.2 Å². The Morgan fingerprint density at radius 3 is 2.47 bits per heavy atom. The predicted octanol–water partition coefficient (Wildman–Crippen LogP) is 3.49. The standard InChI is InChI=1S/C23H26F2N4O2S/c1-3-28(32(2,30)31)16-22-20-15-27(14-17-6-4-5-7-21(17)25)13-12-23(20)29(26-22)19-10-8-18(24)9-11-19/h4-11H,3,12-16H2,1-2H3. The highest BCUT2D eigenvalue weighted by molar-refractivity contribution is 7.88. The molecule has 1 aliphatic rings. The van der Waals surface area contributed by atoms with Gasteiger partial charge in [-0.3, -0.25) is 4.90 Å². The summed E-state index contributed by atoms with van der Waals surface area (Å²) in [5, 5.41) is 4.74. The molecule has 0 aliphatic carbocycles. The summed E-state index contributed by atoms with van der Waals surface area (Å²) in [7, 11) is -3.40. The first-order valence-electron chi connectivity index (χ1n) is 10.5. The van der Waals surface area contributed by atoms with Gasteiger partial charge < -0.3 is 0 Å². The molecule has 0 spiro atoms. The quantitative estimate of drug-likeness (QED) is 0.542. The average Bonchev–Trinajstić information content (AvgIpc) is 3.11. The van der Waals surface area contributed by atoms with Gasteiger partial charge in [0.1, 0.15) is 11.6 Å². The summed E-state index contributed by atoms with van der Waals surface area (Å²) in [6.45, 7) is 3.96. The Morgan fingerprint density at radius 1 is 1.09 bits per heavy atom.